The Labute approximate surface area is 340 Å². The summed E-state index contributed by atoms with van der Waals surface area (Å²) in [5.41, 5.74) is 3.81. The van der Waals surface area contributed by atoms with Crippen molar-refractivity contribution in [2.24, 2.45) is 0 Å². The van der Waals surface area contributed by atoms with E-state index in [1.54, 1.807) is 21.3 Å². The fourth-order valence-electron chi connectivity index (χ4n) is 7.36. The third-order valence-corrected chi connectivity index (χ3v) is 9.99. The van der Waals surface area contributed by atoms with Crippen molar-refractivity contribution in [2.45, 2.75) is 0 Å². The van der Waals surface area contributed by atoms with Gasteiger partial charge in [-0.1, -0.05) is 97.1 Å². The number of rotatable bonds is 23. The third kappa shape index (κ3) is 9.54. The SMILES string of the molecule is COCCOCCOc1c(-c2c3ccccc3cc3ccccc23)cc(-c2c3ccccc3cc3ccccc23)c(OCCOCCOC)c1OCCOCCOC. The largest absolute Gasteiger partial charge is 0.486 e. The summed E-state index contributed by atoms with van der Waals surface area (Å²) >= 11 is 0. The molecule has 302 valence electrons. The van der Waals surface area contributed by atoms with E-state index < -0.39 is 0 Å². The van der Waals surface area contributed by atoms with E-state index in [-0.39, 0.29) is 19.8 Å². The Bertz CT molecular complexity index is 2140. The molecule has 7 aromatic rings. The van der Waals surface area contributed by atoms with Crippen LogP contribution < -0.4 is 14.2 Å². The number of fused-ring (bicyclic) bond motifs is 4. The van der Waals surface area contributed by atoms with Gasteiger partial charge in [0.2, 0.25) is 5.75 Å². The van der Waals surface area contributed by atoms with Crippen LogP contribution in [-0.4, -0.2) is 101 Å². The summed E-state index contributed by atoms with van der Waals surface area (Å²) < 4.78 is 54.0. The van der Waals surface area contributed by atoms with Gasteiger partial charge in [0, 0.05) is 43.6 Å². The summed E-state index contributed by atoms with van der Waals surface area (Å²) in [7, 11) is 4.98. The second kappa shape index (κ2) is 20.9. The molecular weight excluding hydrogens is 733 g/mol. The van der Waals surface area contributed by atoms with E-state index in [9.17, 15) is 0 Å². The maximum Gasteiger partial charge on any atom is 0.204 e. The van der Waals surface area contributed by atoms with Crippen molar-refractivity contribution in [3.8, 4) is 39.5 Å². The molecule has 0 heterocycles. The Hall–Kier alpha value is -5.26. The zero-order valence-electron chi connectivity index (χ0n) is 33.6. The minimum absolute atomic E-state index is 0.237. The monoisotopic (exact) mass is 784 g/mol. The lowest BCUT2D eigenvalue weighted by atomic mass is 9.86. The highest BCUT2D eigenvalue weighted by Crippen LogP contribution is 2.54. The number of hydrogen-bond donors (Lipinski definition) is 0. The van der Waals surface area contributed by atoms with Crippen LogP contribution in [0.4, 0.5) is 0 Å². The van der Waals surface area contributed by atoms with E-state index in [0.29, 0.717) is 76.7 Å². The molecule has 0 N–H and O–H groups in total. The summed E-state index contributed by atoms with van der Waals surface area (Å²) in [6, 6.07) is 40.7. The summed E-state index contributed by atoms with van der Waals surface area (Å²) in [5, 5.41) is 8.81. The van der Waals surface area contributed by atoms with Crippen molar-refractivity contribution in [2.75, 3.05) is 101 Å². The quantitative estimate of drug-likeness (QED) is 0.0465. The molecular formula is C49H52O9. The first-order valence-electron chi connectivity index (χ1n) is 19.8. The van der Waals surface area contributed by atoms with Crippen molar-refractivity contribution < 1.29 is 42.6 Å². The van der Waals surface area contributed by atoms with Crippen LogP contribution in [0, 0.1) is 0 Å². The zero-order chi connectivity index (χ0) is 39.9. The highest BCUT2D eigenvalue weighted by Gasteiger charge is 2.28. The van der Waals surface area contributed by atoms with E-state index in [2.05, 4.69) is 115 Å². The van der Waals surface area contributed by atoms with Crippen molar-refractivity contribution in [3.05, 3.63) is 115 Å². The molecule has 9 nitrogen and oxygen atoms in total. The molecule has 0 fully saturated rings. The topological polar surface area (TPSA) is 83.1 Å². The summed E-state index contributed by atoms with van der Waals surface area (Å²) in [6.07, 6.45) is 0. The molecule has 58 heavy (non-hydrogen) atoms. The molecule has 0 radical (unpaired) electrons. The minimum atomic E-state index is 0.237. The molecule has 0 unspecified atom stereocenters. The molecule has 0 aliphatic rings. The average Bonchev–Trinajstić information content (AvgIpc) is 3.26. The Morgan fingerprint density at radius 1 is 0.310 bits per heavy atom. The van der Waals surface area contributed by atoms with Gasteiger partial charge in [-0.3, -0.25) is 0 Å². The average molecular weight is 785 g/mol. The van der Waals surface area contributed by atoms with Gasteiger partial charge in [-0.25, -0.2) is 0 Å². The van der Waals surface area contributed by atoms with Crippen LogP contribution in [0.2, 0.25) is 0 Å². The van der Waals surface area contributed by atoms with Crippen molar-refractivity contribution in [1.82, 2.24) is 0 Å². The molecule has 0 atom stereocenters. The number of benzene rings is 7. The van der Waals surface area contributed by atoms with Gasteiger partial charge in [-0.2, -0.15) is 0 Å². The number of methoxy groups -OCH3 is 3. The van der Waals surface area contributed by atoms with E-state index in [1.807, 2.05) is 0 Å². The molecule has 0 amide bonds. The van der Waals surface area contributed by atoms with Crippen molar-refractivity contribution in [1.29, 1.82) is 0 Å². The molecule has 0 spiro atoms. The smallest absolute Gasteiger partial charge is 0.204 e. The molecule has 0 saturated heterocycles. The lowest BCUT2D eigenvalue weighted by Gasteiger charge is -2.25. The minimum Gasteiger partial charge on any atom is -0.486 e. The molecule has 9 heteroatoms. The van der Waals surface area contributed by atoms with Gasteiger partial charge in [0.05, 0.1) is 59.5 Å². The molecule has 0 aliphatic carbocycles. The first kappa shape index (κ1) is 40.9. The third-order valence-electron chi connectivity index (χ3n) is 9.99. The van der Waals surface area contributed by atoms with Gasteiger partial charge >= 0.3 is 0 Å². The second-order valence-corrected chi connectivity index (χ2v) is 13.7. The van der Waals surface area contributed by atoms with Crippen LogP contribution in [0.25, 0.3) is 65.3 Å². The lowest BCUT2D eigenvalue weighted by Crippen LogP contribution is -2.15. The maximum atomic E-state index is 6.88. The predicted octanol–water partition coefficient (Wildman–Crippen LogP) is 9.76. The van der Waals surface area contributed by atoms with Crippen LogP contribution in [0.5, 0.6) is 17.2 Å². The Morgan fingerprint density at radius 3 is 0.931 bits per heavy atom. The molecule has 0 bridgehead atoms. The summed E-state index contributed by atoms with van der Waals surface area (Å²) in [4.78, 5) is 0. The van der Waals surface area contributed by atoms with Crippen molar-refractivity contribution >= 4 is 43.1 Å². The molecule has 7 rings (SSSR count). The molecule has 0 aromatic heterocycles. The number of hydrogen-bond acceptors (Lipinski definition) is 9. The Kier molecular flexibility index (Phi) is 14.8. The van der Waals surface area contributed by atoms with Gasteiger partial charge < -0.3 is 42.6 Å². The zero-order valence-corrected chi connectivity index (χ0v) is 33.6. The van der Waals surface area contributed by atoms with E-state index in [0.717, 1.165) is 65.3 Å². The van der Waals surface area contributed by atoms with E-state index in [4.69, 9.17) is 42.6 Å². The first-order chi connectivity index (χ1) is 28.7. The lowest BCUT2D eigenvalue weighted by molar-refractivity contribution is 0.0470. The van der Waals surface area contributed by atoms with Crippen LogP contribution in [0.3, 0.4) is 0 Å². The molecule has 7 aromatic carbocycles. The van der Waals surface area contributed by atoms with Crippen LogP contribution in [0.1, 0.15) is 0 Å². The molecule has 0 aliphatic heterocycles. The van der Waals surface area contributed by atoms with Gasteiger partial charge in [0.15, 0.2) is 11.5 Å². The Balaban J connectivity index is 1.52. The Morgan fingerprint density at radius 2 is 0.603 bits per heavy atom. The van der Waals surface area contributed by atoms with E-state index in [1.165, 1.54) is 0 Å². The van der Waals surface area contributed by atoms with Gasteiger partial charge in [-0.15, -0.1) is 0 Å². The second-order valence-electron chi connectivity index (χ2n) is 13.7. The van der Waals surface area contributed by atoms with Gasteiger partial charge in [0.25, 0.3) is 0 Å². The van der Waals surface area contributed by atoms with Crippen LogP contribution >= 0.6 is 0 Å². The van der Waals surface area contributed by atoms with Gasteiger partial charge in [-0.05, 0) is 61.3 Å². The van der Waals surface area contributed by atoms with Gasteiger partial charge in [0.1, 0.15) is 19.8 Å². The van der Waals surface area contributed by atoms with Crippen molar-refractivity contribution in [3.63, 3.8) is 0 Å². The highest BCUT2D eigenvalue weighted by molar-refractivity contribution is 6.17. The first-order valence-corrected chi connectivity index (χ1v) is 19.8. The fourth-order valence-corrected chi connectivity index (χ4v) is 7.36. The van der Waals surface area contributed by atoms with Crippen LogP contribution in [0.15, 0.2) is 115 Å². The number of ether oxygens (including phenoxy) is 9. The standard InChI is InChI=1S/C49H52O9/c1-50-20-23-53-26-29-56-47-43(45-39-16-8-4-12-35(39)32-36-13-5-9-17-40(36)45)34-44(46-41-18-10-6-14-37(41)33-38-15-7-11-19-42(38)46)48(57-30-27-54-24-21-51-2)49(47)58-31-28-55-25-22-52-3/h4-19,32-34H,20-31H2,1-3H3. The van der Waals surface area contributed by atoms with E-state index >= 15 is 0 Å². The molecule has 0 saturated carbocycles. The normalized spacial score (nSPS) is 11.6. The predicted molar refractivity (Wildman–Crippen MR) is 232 cm³/mol. The summed E-state index contributed by atoms with van der Waals surface area (Å²) in [5.74, 6) is 1.58. The highest BCUT2D eigenvalue weighted by atomic mass is 16.6. The fraction of sp³-hybridized carbons (Fsp3) is 0.306. The maximum absolute atomic E-state index is 6.88. The summed E-state index contributed by atoms with van der Waals surface area (Å²) in [6.45, 7) is 4.59. The van der Waals surface area contributed by atoms with Crippen LogP contribution in [-0.2, 0) is 28.4 Å².